The molecule has 0 saturated heterocycles. The molecule has 17 heavy (non-hydrogen) atoms. The summed E-state index contributed by atoms with van der Waals surface area (Å²) >= 11 is 0. The molecule has 0 aliphatic rings. The van der Waals surface area contributed by atoms with Crippen molar-refractivity contribution in [2.24, 2.45) is 0 Å². The monoisotopic (exact) mass is 233 g/mol. The molecule has 1 N–H and O–H groups in total. The average molecular weight is 233 g/mol. The molecule has 0 saturated carbocycles. The Balaban J connectivity index is 2.55. The number of hydrogen-bond acceptors (Lipinski definition) is 5. The highest BCUT2D eigenvalue weighted by Crippen LogP contribution is 2.12. The first-order valence-corrected chi connectivity index (χ1v) is 5.92. The van der Waals surface area contributed by atoms with Gasteiger partial charge in [-0.1, -0.05) is 13.3 Å². The minimum absolute atomic E-state index is 0.477. The third kappa shape index (κ3) is 4.68. The van der Waals surface area contributed by atoms with Crippen molar-refractivity contribution in [2.75, 3.05) is 30.4 Å². The third-order valence-electron chi connectivity index (χ3n) is 2.43. The predicted molar refractivity (Wildman–Crippen MR) is 68.9 cm³/mol. The van der Waals surface area contributed by atoms with Crippen molar-refractivity contribution in [3.63, 3.8) is 0 Å². The van der Waals surface area contributed by atoms with Crippen molar-refractivity contribution in [3.8, 4) is 6.07 Å². The average Bonchev–Trinajstić information content (AvgIpc) is 2.36. The summed E-state index contributed by atoms with van der Waals surface area (Å²) < 4.78 is 0. The van der Waals surface area contributed by atoms with E-state index in [1.807, 2.05) is 13.1 Å². The second-order valence-corrected chi connectivity index (χ2v) is 3.87. The Labute approximate surface area is 102 Å². The van der Waals surface area contributed by atoms with Crippen LogP contribution in [0, 0.1) is 11.3 Å². The number of nitrogens with zero attached hydrogens (tertiary/aromatic N) is 4. The van der Waals surface area contributed by atoms with Gasteiger partial charge in [0.15, 0.2) is 0 Å². The zero-order valence-corrected chi connectivity index (χ0v) is 10.5. The lowest BCUT2D eigenvalue weighted by atomic mass is 10.3. The quantitative estimate of drug-likeness (QED) is 0.730. The predicted octanol–water partition coefficient (Wildman–Crippen LogP) is 2.04. The lowest BCUT2D eigenvalue weighted by Crippen LogP contribution is -2.19. The van der Waals surface area contributed by atoms with E-state index in [0.717, 1.165) is 24.6 Å². The highest BCUT2D eigenvalue weighted by Gasteiger charge is 2.03. The molecule has 0 amide bonds. The smallest absolute Gasteiger partial charge is 0.133 e. The Kier molecular flexibility index (Phi) is 5.80. The van der Waals surface area contributed by atoms with Crippen LogP contribution in [-0.4, -0.2) is 30.1 Å². The number of nitriles is 1. The van der Waals surface area contributed by atoms with Crippen LogP contribution in [0.25, 0.3) is 0 Å². The van der Waals surface area contributed by atoms with Crippen molar-refractivity contribution < 1.29 is 0 Å². The van der Waals surface area contributed by atoms with Gasteiger partial charge in [0.25, 0.3) is 0 Å². The number of hydrogen-bond donors (Lipinski definition) is 1. The van der Waals surface area contributed by atoms with E-state index in [-0.39, 0.29) is 0 Å². The fourth-order valence-corrected chi connectivity index (χ4v) is 1.41. The van der Waals surface area contributed by atoms with Gasteiger partial charge in [0, 0.05) is 26.2 Å². The number of aromatic nitrogens is 2. The standard InChI is InChI=1S/C12H19N5/c1-3-4-8-17(2)12-9-11(15-10-16-12)14-7-5-6-13/h9-10H,3-5,7-8H2,1-2H3,(H,14,15,16). The number of rotatable bonds is 7. The van der Waals surface area contributed by atoms with Crippen molar-refractivity contribution in [1.82, 2.24) is 9.97 Å². The fraction of sp³-hybridized carbons (Fsp3) is 0.583. The number of nitrogens with one attached hydrogen (secondary N) is 1. The fourth-order valence-electron chi connectivity index (χ4n) is 1.41. The molecule has 0 unspecified atom stereocenters. The summed E-state index contributed by atoms with van der Waals surface area (Å²) in [4.78, 5) is 10.5. The van der Waals surface area contributed by atoms with Crippen LogP contribution < -0.4 is 10.2 Å². The molecule has 0 fully saturated rings. The van der Waals surface area contributed by atoms with Crippen LogP contribution in [0.1, 0.15) is 26.2 Å². The van der Waals surface area contributed by atoms with Crippen molar-refractivity contribution >= 4 is 11.6 Å². The minimum atomic E-state index is 0.477. The van der Waals surface area contributed by atoms with Gasteiger partial charge in [0.2, 0.25) is 0 Å². The van der Waals surface area contributed by atoms with Gasteiger partial charge in [-0.3, -0.25) is 0 Å². The number of anilines is 2. The first-order chi connectivity index (χ1) is 8.27. The van der Waals surface area contributed by atoms with Crippen LogP contribution in [0.3, 0.4) is 0 Å². The molecule has 0 aromatic carbocycles. The van der Waals surface area contributed by atoms with Crippen LogP contribution >= 0.6 is 0 Å². The zero-order chi connectivity index (χ0) is 12.5. The summed E-state index contributed by atoms with van der Waals surface area (Å²) in [5, 5.41) is 11.5. The van der Waals surface area contributed by atoms with E-state index >= 15 is 0 Å². The summed E-state index contributed by atoms with van der Waals surface area (Å²) in [7, 11) is 2.02. The van der Waals surface area contributed by atoms with Crippen molar-refractivity contribution in [3.05, 3.63) is 12.4 Å². The molecule has 0 aliphatic carbocycles. The van der Waals surface area contributed by atoms with E-state index in [0.29, 0.717) is 13.0 Å². The summed E-state index contributed by atoms with van der Waals surface area (Å²) in [6.07, 6.45) is 4.35. The molecule has 1 aromatic rings. The van der Waals surface area contributed by atoms with Crippen LogP contribution in [0.15, 0.2) is 12.4 Å². The molecule has 0 bridgehead atoms. The van der Waals surface area contributed by atoms with Crippen molar-refractivity contribution in [1.29, 1.82) is 5.26 Å². The van der Waals surface area contributed by atoms with Crippen LogP contribution in [0.4, 0.5) is 11.6 Å². The topological polar surface area (TPSA) is 64.8 Å². The highest BCUT2D eigenvalue weighted by atomic mass is 15.2. The molecule has 5 heteroatoms. The molecule has 1 rings (SSSR count). The maximum atomic E-state index is 8.45. The van der Waals surface area contributed by atoms with Gasteiger partial charge in [0.1, 0.15) is 18.0 Å². The zero-order valence-electron chi connectivity index (χ0n) is 10.5. The molecular weight excluding hydrogens is 214 g/mol. The van der Waals surface area contributed by atoms with E-state index in [1.165, 1.54) is 6.42 Å². The van der Waals surface area contributed by atoms with Crippen LogP contribution in [0.2, 0.25) is 0 Å². The van der Waals surface area contributed by atoms with E-state index in [1.54, 1.807) is 6.33 Å². The normalized spacial score (nSPS) is 9.71. The Bertz CT molecular complexity index is 371. The summed E-state index contributed by atoms with van der Waals surface area (Å²) in [6.45, 7) is 3.78. The largest absolute Gasteiger partial charge is 0.369 e. The van der Waals surface area contributed by atoms with Gasteiger partial charge in [-0.05, 0) is 6.42 Å². The van der Waals surface area contributed by atoms with Gasteiger partial charge >= 0.3 is 0 Å². The maximum Gasteiger partial charge on any atom is 0.133 e. The minimum Gasteiger partial charge on any atom is -0.369 e. The molecule has 0 spiro atoms. The van der Waals surface area contributed by atoms with Gasteiger partial charge in [-0.25, -0.2) is 9.97 Å². The Hall–Kier alpha value is -1.83. The molecule has 92 valence electrons. The summed E-state index contributed by atoms with van der Waals surface area (Å²) in [5.41, 5.74) is 0. The summed E-state index contributed by atoms with van der Waals surface area (Å²) in [5.74, 6) is 1.68. The lowest BCUT2D eigenvalue weighted by molar-refractivity contribution is 0.758. The van der Waals surface area contributed by atoms with E-state index < -0.39 is 0 Å². The van der Waals surface area contributed by atoms with E-state index in [2.05, 4.69) is 33.2 Å². The van der Waals surface area contributed by atoms with E-state index in [4.69, 9.17) is 5.26 Å². The molecular formula is C12H19N5. The maximum absolute atomic E-state index is 8.45. The van der Waals surface area contributed by atoms with Crippen molar-refractivity contribution in [2.45, 2.75) is 26.2 Å². The van der Waals surface area contributed by atoms with Crippen LogP contribution in [-0.2, 0) is 0 Å². The molecule has 5 nitrogen and oxygen atoms in total. The van der Waals surface area contributed by atoms with Gasteiger partial charge in [-0.2, -0.15) is 5.26 Å². The van der Waals surface area contributed by atoms with Gasteiger partial charge in [0.05, 0.1) is 12.5 Å². The SMILES string of the molecule is CCCCN(C)c1cc(NCCC#N)ncn1. The second-order valence-electron chi connectivity index (χ2n) is 3.87. The molecule has 0 radical (unpaired) electrons. The van der Waals surface area contributed by atoms with Gasteiger partial charge < -0.3 is 10.2 Å². The summed E-state index contributed by atoms with van der Waals surface area (Å²) in [6, 6.07) is 4.00. The first kappa shape index (κ1) is 13.2. The highest BCUT2D eigenvalue weighted by molar-refractivity contribution is 5.47. The van der Waals surface area contributed by atoms with Gasteiger partial charge in [-0.15, -0.1) is 0 Å². The third-order valence-corrected chi connectivity index (χ3v) is 2.43. The second kappa shape index (κ2) is 7.44. The Morgan fingerprint density at radius 3 is 3.00 bits per heavy atom. The van der Waals surface area contributed by atoms with Crippen LogP contribution in [0.5, 0.6) is 0 Å². The Morgan fingerprint density at radius 1 is 1.47 bits per heavy atom. The molecule has 1 heterocycles. The van der Waals surface area contributed by atoms with E-state index in [9.17, 15) is 0 Å². The molecule has 0 aliphatic heterocycles. The lowest BCUT2D eigenvalue weighted by Gasteiger charge is -2.17. The molecule has 1 aromatic heterocycles. The number of unbranched alkanes of at least 4 members (excludes halogenated alkanes) is 1. The Morgan fingerprint density at radius 2 is 2.29 bits per heavy atom. The first-order valence-electron chi connectivity index (χ1n) is 5.92. The molecule has 0 atom stereocenters.